The van der Waals surface area contributed by atoms with Crippen LogP contribution in [0, 0.1) is 6.92 Å². The number of ether oxygens (including phenoxy) is 1. The van der Waals surface area contributed by atoms with Gasteiger partial charge in [-0.05, 0) is 6.92 Å². The normalized spacial score (nSPS) is 14.3. The Hall–Kier alpha value is -1.29. The summed E-state index contributed by atoms with van der Waals surface area (Å²) in [6.45, 7) is 4.41. The topological polar surface area (TPSA) is 52.1 Å². The summed E-state index contributed by atoms with van der Waals surface area (Å²) in [5.74, 6) is 0.194. The number of hydrogen-bond acceptors (Lipinski definition) is 4. The van der Waals surface area contributed by atoms with Gasteiger partial charge in [0.15, 0.2) is 11.6 Å². The molecule has 0 spiro atoms. The van der Waals surface area contributed by atoms with Crippen LogP contribution < -0.4 is 0 Å². The highest BCUT2D eigenvalue weighted by Gasteiger charge is 2.18. The number of carbonyl (C=O) groups is 1. The first-order valence-electron chi connectivity index (χ1n) is 4.13. The van der Waals surface area contributed by atoms with Crippen LogP contribution >= 0.6 is 0 Å². The van der Waals surface area contributed by atoms with Gasteiger partial charge in [0.25, 0.3) is 0 Å². The Morgan fingerprint density at radius 2 is 2.15 bits per heavy atom. The number of hydrogen-bond donors (Lipinski definition) is 0. The van der Waals surface area contributed by atoms with Gasteiger partial charge in [-0.15, -0.1) is 0 Å². The fraction of sp³-hybridized carbons (Fsp3) is 0.444. The molecule has 4 nitrogen and oxygen atoms in total. The second-order valence-corrected chi connectivity index (χ2v) is 3.11. The molecule has 0 bridgehead atoms. The summed E-state index contributed by atoms with van der Waals surface area (Å²) >= 11 is 0. The minimum Gasteiger partial charge on any atom is -0.370 e. The molecule has 1 aromatic rings. The van der Waals surface area contributed by atoms with Gasteiger partial charge in [0.05, 0.1) is 18.9 Å². The Labute approximate surface area is 76.0 Å². The van der Waals surface area contributed by atoms with E-state index in [4.69, 9.17) is 4.74 Å². The molecular weight excluding hydrogens is 168 g/mol. The predicted octanol–water partition coefficient (Wildman–Crippen LogP) is 1.02. The van der Waals surface area contributed by atoms with Crippen LogP contribution in [0.3, 0.4) is 0 Å². The third-order valence-electron chi connectivity index (χ3n) is 2.10. The first kappa shape index (κ1) is 8.31. The second kappa shape index (κ2) is 2.88. The van der Waals surface area contributed by atoms with Crippen molar-refractivity contribution in [2.24, 2.45) is 0 Å². The Morgan fingerprint density at radius 1 is 1.38 bits per heavy atom. The third-order valence-corrected chi connectivity index (χ3v) is 2.10. The lowest BCUT2D eigenvalue weighted by Crippen LogP contribution is -2.06. The van der Waals surface area contributed by atoms with Gasteiger partial charge < -0.3 is 4.74 Å². The quantitative estimate of drug-likeness (QED) is 0.602. The van der Waals surface area contributed by atoms with Crippen LogP contribution in [-0.2, 0) is 18.0 Å². The van der Waals surface area contributed by atoms with Gasteiger partial charge in [0.1, 0.15) is 0 Å². The second-order valence-electron chi connectivity index (χ2n) is 3.11. The number of carbonyl (C=O) groups excluding carboxylic acids is 1. The highest BCUT2D eigenvalue weighted by Crippen LogP contribution is 2.19. The molecular formula is C9H10N2O2. The van der Waals surface area contributed by atoms with E-state index >= 15 is 0 Å². The Kier molecular flexibility index (Phi) is 1.84. The molecule has 1 aliphatic rings. The number of ketones is 1. The molecule has 0 radical (unpaired) electrons. The van der Waals surface area contributed by atoms with E-state index in [0.717, 1.165) is 17.0 Å². The molecule has 0 aliphatic carbocycles. The van der Waals surface area contributed by atoms with Gasteiger partial charge in [0, 0.05) is 18.2 Å². The van der Waals surface area contributed by atoms with Crippen molar-refractivity contribution in [1.29, 1.82) is 0 Å². The number of rotatable bonds is 1. The van der Waals surface area contributed by atoms with Crippen LogP contribution in [-0.4, -0.2) is 15.8 Å². The zero-order chi connectivity index (χ0) is 9.42. The standard InChI is InChI=1S/C9H10N2O2/c1-5-7-3-13-4-8(7)11-9(10-5)6(2)12/h3-4H2,1-2H3. The first-order valence-corrected chi connectivity index (χ1v) is 4.13. The van der Waals surface area contributed by atoms with Crippen molar-refractivity contribution >= 4 is 5.78 Å². The van der Waals surface area contributed by atoms with E-state index < -0.39 is 0 Å². The van der Waals surface area contributed by atoms with Crippen molar-refractivity contribution in [1.82, 2.24) is 9.97 Å². The number of nitrogens with zero attached hydrogens (tertiary/aromatic N) is 2. The van der Waals surface area contributed by atoms with Crippen molar-refractivity contribution in [2.45, 2.75) is 27.1 Å². The Balaban J connectivity index is 2.55. The van der Waals surface area contributed by atoms with Gasteiger partial charge in [-0.25, -0.2) is 9.97 Å². The molecule has 0 saturated carbocycles. The summed E-state index contributed by atoms with van der Waals surface area (Å²) in [6, 6.07) is 0. The van der Waals surface area contributed by atoms with E-state index in [0.29, 0.717) is 19.0 Å². The Morgan fingerprint density at radius 3 is 2.85 bits per heavy atom. The zero-order valence-electron chi connectivity index (χ0n) is 7.63. The molecule has 0 N–H and O–H groups in total. The van der Waals surface area contributed by atoms with E-state index in [2.05, 4.69) is 9.97 Å². The van der Waals surface area contributed by atoms with Crippen LogP contribution in [0.5, 0.6) is 0 Å². The molecule has 0 atom stereocenters. The number of aromatic nitrogens is 2. The molecule has 0 aromatic carbocycles. The smallest absolute Gasteiger partial charge is 0.196 e. The number of Topliss-reactive ketones (excluding diaryl/α,β-unsaturated/α-hetero) is 1. The molecule has 68 valence electrons. The molecule has 0 fully saturated rings. The SMILES string of the molecule is CC(=O)c1nc(C)c2c(n1)COC2. The van der Waals surface area contributed by atoms with E-state index in [1.807, 2.05) is 6.92 Å². The van der Waals surface area contributed by atoms with Crippen molar-refractivity contribution in [3.05, 3.63) is 22.8 Å². The summed E-state index contributed by atoms with van der Waals surface area (Å²) in [7, 11) is 0. The maximum Gasteiger partial charge on any atom is 0.196 e. The van der Waals surface area contributed by atoms with Crippen molar-refractivity contribution in [2.75, 3.05) is 0 Å². The minimum atomic E-state index is -0.0993. The molecule has 0 amide bonds. The van der Waals surface area contributed by atoms with Gasteiger partial charge in [-0.3, -0.25) is 4.79 Å². The number of fused-ring (bicyclic) bond motifs is 1. The van der Waals surface area contributed by atoms with Crippen molar-refractivity contribution in [3.8, 4) is 0 Å². The van der Waals surface area contributed by atoms with E-state index in [9.17, 15) is 4.79 Å². The van der Waals surface area contributed by atoms with Crippen molar-refractivity contribution < 1.29 is 9.53 Å². The molecule has 13 heavy (non-hydrogen) atoms. The summed E-state index contributed by atoms with van der Waals surface area (Å²) in [5.41, 5.74) is 2.75. The summed E-state index contributed by atoms with van der Waals surface area (Å²) in [6.07, 6.45) is 0. The molecule has 1 aliphatic heterocycles. The summed E-state index contributed by atoms with van der Waals surface area (Å²) in [4.78, 5) is 19.3. The minimum absolute atomic E-state index is 0.0993. The summed E-state index contributed by atoms with van der Waals surface area (Å²) < 4.78 is 5.22. The fourth-order valence-corrected chi connectivity index (χ4v) is 1.37. The van der Waals surface area contributed by atoms with Gasteiger partial charge in [-0.2, -0.15) is 0 Å². The largest absolute Gasteiger partial charge is 0.370 e. The van der Waals surface area contributed by atoms with Crippen LogP contribution in [0.4, 0.5) is 0 Å². The number of aryl methyl sites for hydroxylation is 1. The van der Waals surface area contributed by atoms with Crippen LogP contribution in [0.2, 0.25) is 0 Å². The highest BCUT2D eigenvalue weighted by atomic mass is 16.5. The molecule has 0 unspecified atom stereocenters. The molecule has 2 rings (SSSR count). The lowest BCUT2D eigenvalue weighted by Gasteiger charge is -2.02. The molecule has 0 saturated heterocycles. The van der Waals surface area contributed by atoms with Gasteiger partial charge in [0.2, 0.25) is 0 Å². The van der Waals surface area contributed by atoms with Gasteiger partial charge >= 0.3 is 0 Å². The monoisotopic (exact) mass is 178 g/mol. The van der Waals surface area contributed by atoms with Crippen molar-refractivity contribution in [3.63, 3.8) is 0 Å². The maximum absolute atomic E-state index is 11.0. The van der Waals surface area contributed by atoms with E-state index in [-0.39, 0.29) is 5.78 Å². The first-order chi connectivity index (χ1) is 6.18. The molecule has 2 heterocycles. The fourth-order valence-electron chi connectivity index (χ4n) is 1.37. The lowest BCUT2D eigenvalue weighted by molar-refractivity contribution is 0.100. The predicted molar refractivity (Wildman–Crippen MR) is 45.3 cm³/mol. The lowest BCUT2D eigenvalue weighted by atomic mass is 10.2. The Bertz CT molecular complexity index is 374. The summed E-state index contributed by atoms with van der Waals surface area (Å²) in [5, 5.41) is 0. The molecule has 4 heteroatoms. The van der Waals surface area contributed by atoms with E-state index in [1.54, 1.807) is 0 Å². The maximum atomic E-state index is 11.0. The van der Waals surface area contributed by atoms with Gasteiger partial charge in [-0.1, -0.05) is 0 Å². The average Bonchev–Trinajstić information content (AvgIpc) is 2.51. The zero-order valence-corrected chi connectivity index (χ0v) is 7.63. The van der Waals surface area contributed by atoms with Crippen LogP contribution in [0.1, 0.15) is 34.5 Å². The molecule has 1 aromatic heterocycles. The average molecular weight is 178 g/mol. The van der Waals surface area contributed by atoms with Crippen LogP contribution in [0.15, 0.2) is 0 Å². The highest BCUT2D eigenvalue weighted by molar-refractivity contribution is 5.90. The van der Waals surface area contributed by atoms with E-state index in [1.165, 1.54) is 6.92 Å². The van der Waals surface area contributed by atoms with Crippen LogP contribution in [0.25, 0.3) is 0 Å². The third kappa shape index (κ3) is 1.33.